The maximum atomic E-state index is 5.60. The zero-order valence-electron chi connectivity index (χ0n) is 32.4. The summed E-state index contributed by atoms with van der Waals surface area (Å²) < 4.78 is 1.12. The van der Waals surface area contributed by atoms with E-state index < -0.39 is 0 Å². The van der Waals surface area contributed by atoms with E-state index in [0.29, 0.717) is 0 Å². The van der Waals surface area contributed by atoms with Crippen LogP contribution in [-0.2, 0) is 0 Å². The highest BCUT2D eigenvalue weighted by Crippen LogP contribution is 2.26. The van der Waals surface area contributed by atoms with Gasteiger partial charge in [-0.2, -0.15) is 0 Å². The predicted octanol–water partition coefficient (Wildman–Crippen LogP) is 16.0. The molecule has 0 heterocycles. The van der Waals surface area contributed by atoms with Crippen LogP contribution in [0.15, 0.2) is 223 Å². The molecule has 0 saturated heterocycles. The molecule has 0 spiro atoms. The fourth-order valence-corrected chi connectivity index (χ4v) is 6.12. The Kier molecular flexibility index (Phi) is 16.8. The molecule has 0 aliphatic rings. The Morgan fingerprint density at radius 1 is 0.339 bits per heavy atom. The van der Waals surface area contributed by atoms with Gasteiger partial charge in [-0.05, 0) is 93.0 Å². The molecule has 0 aliphatic heterocycles. The molecular weight excluding hydrogens is 745 g/mol. The van der Waals surface area contributed by atoms with Crippen molar-refractivity contribution in [3.05, 3.63) is 223 Å². The summed E-state index contributed by atoms with van der Waals surface area (Å²) in [6.07, 6.45) is 4.08. The van der Waals surface area contributed by atoms with Crippen LogP contribution in [0, 0.1) is 0 Å². The van der Waals surface area contributed by atoms with E-state index in [1.54, 1.807) is 0 Å². The first-order valence-corrected chi connectivity index (χ1v) is 20.1. The van der Waals surface area contributed by atoms with E-state index in [4.69, 9.17) is 5.73 Å². The molecule has 0 atom stereocenters. The summed E-state index contributed by atoms with van der Waals surface area (Å²) in [5.41, 5.74) is 18.5. The Bertz CT molecular complexity index is 2060. The summed E-state index contributed by atoms with van der Waals surface area (Å²) in [6.45, 7) is 4.42. The largest absolute Gasteiger partial charge is 0.399 e. The smallest absolute Gasteiger partial charge is 0.0384 e. The van der Waals surface area contributed by atoms with E-state index in [2.05, 4.69) is 193 Å². The fraction of sp³-hybridized carbons (Fsp3) is 0.0943. The van der Waals surface area contributed by atoms with Gasteiger partial charge in [-0.3, -0.25) is 0 Å². The van der Waals surface area contributed by atoms with Gasteiger partial charge in [0.25, 0.3) is 0 Å². The van der Waals surface area contributed by atoms with Gasteiger partial charge in [-0.1, -0.05) is 219 Å². The minimum Gasteiger partial charge on any atom is -0.399 e. The SMILES string of the molecule is Brc1ccc(-c2ccccc2)cc1.CCCCC.Nc1ccc(-c2ccccc2)cc1.c1ccc(-c2ccc(Nc3ccc(-c4ccccc4)cc3)cc2)cc1. The van der Waals surface area contributed by atoms with E-state index in [9.17, 15) is 0 Å². The van der Waals surface area contributed by atoms with Crippen LogP contribution in [-0.4, -0.2) is 0 Å². The average Bonchev–Trinajstić information content (AvgIpc) is 3.27. The Balaban J connectivity index is 0.000000163. The van der Waals surface area contributed by atoms with Gasteiger partial charge < -0.3 is 11.1 Å². The molecule has 0 radical (unpaired) electrons. The monoisotopic (exact) mass is 794 g/mol. The lowest BCUT2D eigenvalue weighted by Crippen LogP contribution is -1.90. The summed E-state index contributed by atoms with van der Waals surface area (Å²) in [5.74, 6) is 0. The van der Waals surface area contributed by atoms with Crippen molar-refractivity contribution in [2.24, 2.45) is 0 Å². The molecule has 2 nitrogen and oxygen atoms in total. The molecule has 0 unspecified atom stereocenters. The van der Waals surface area contributed by atoms with Gasteiger partial charge in [0.2, 0.25) is 0 Å². The van der Waals surface area contributed by atoms with Crippen molar-refractivity contribution >= 4 is 33.0 Å². The molecule has 56 heavy (non-hydrogen) atoms. The molecule has 3 heteroatoms. The highest BCUT2D eigenvalue weighted by Gasteiger charge is 2.01. The van der Waals surface area contributed by atoms with Gasteiger partial charge in [0.15, 0.2) is 0 Å². The number of rotatable bonds is 8. The van der Waals surface area contributed by atoms with E-state index in [1.807, 2.05) is 60.7 Å². The molecule has 0 fully saturated rings. The van der Waals surface area contributed by atoms with Crippen molar-refractivity contribution in [3.63, 3.8) is 0 Å². The van der Waals surface area contributed by atoms with Crippen molar-refractivity contribution < 1.29 is 0 Å². The molecule has 280 valence electrons. The van der Waals surface area contributed by atoms with Crippen LogP contribution < -0.4 is 11.1 Å². The van der Waals surface area contributed by atoms with Gasteiger partial charge >= 0.3 is 0 Å². The summed E-state index contributed by atoms with van der Waals surface area (Å²) in [5, 5.41) is 3.46. The van der Waals surface area contributed by atoms with Crippen molar-refractivity contribution in [1.82, 2.24) is 0 Å². The van der Waals surface area contributed by atoms with E-state index in [1.165, 1.54) is 63.8 Å². The Labute approximate surface area is 342 Å². The zero-order chi connectivity index (χ0) is 39.2. The third-order valence-electron chi connectivity index (χ3n) is 8.95. The highest BCUT2D eigenvalue weighted by molar-refractivity contribution is 9.10. The Morgan fingerprint density at radius 2 is 0.589 bits per heavy atom. The quantitative estimate of drug-likeness (QED) is 0.150. The van der Waals surface area contributed by atoms with Crippen LogP contribution in [0.25, 0.3) is 44.5 Å². The van der Waals surface area contributed by atoms with Gasteiger partial charge in [0, 0.05) is 21.5 Å². The number of benzene rings is 8. The summed E-state index contributed by atoms with van der Waals surface area (Å²) in [7, 11) is 0. The standard InChI is InChI=1S/C24H19N.C12H9Br.C12H11N.C5H12/c1-3-7-19(8-4-1)21-11-15-23(16-12-21)25-24-17-13-22(14-18-24)20-9-5-2-6-10-20;2*13-12-8-6-11(7-9-12)10-4-2-1-3-5-10;1-3-5-4-2/h1-18,25H;1-9H;1-9H,13H2;3-5H2,1-2H3. The third kappa shape index (κ3) is 13.6. The molecule has 0 aliphatic carbocycles. The van der Waals surface area contributed by atoms with E-state index in [0.717, 1.165) is 21.5 Å². The Morgan fingerprint density at radius 3 is 0.857 bits per heavy atom. The zero-order valence-corrected chi connectivity index (χ0v) is 33.9. The average molecular weight is 796 g/mol. The minimum absolute atomic E-state index is 0.805. The van der Waals surface area contributed by atoms with Crippen molar-refractivity contribution in [2.45, 2.75) is 33.1 Å². The van der Waals surface area contributed by atoms with Crippen molar-refractivity contribution in [1.29, 1.82) is 0 Å². The molecule has 0 bridgehead atoms. The van der Waals surface area contributed by atoms with E-state index in [-0.39, 0.29) is 0 Å². The fourth-order valence-electron chi connectivity index (χ4n) is 5.85. The first kappa shape index (κ1) is 41.0. The minimum atomic E-state index is 0.805. The molecule has 0 saturated carbocycles. The van der Waals surface area contributed by atoms with Crippen LogP contribution in [0.5, 0.6) is 0 Å². The second-order valence-electron chi connectivity index (χ2n) is 13.2. The van der Waals surface area contributed by atoms with Gasteiger partial charge in [0.1, 0.15) is 0 Å². The number of nitrogens with one attached hydrogen (secondary N) is 1. The lowest BCUT2D eigenvalue weighted by atomic mass is 10.0. The number of hydrogen-bond acceptors (Lipinski definition) is 2. The maximum Gasteiger partial charge on any atom is 0.0384 e. The highest BCUT2D eigenvalue weighted by atomic mass is 79.9. The number of nitrogen functional groups attached to an aromatic ring is 1. The van der Waals surface area contributed by atoms with Crippen LogP contribution in [0.3, 0.4) is 0 Å². The topological polar surface area (TPSA) is 38.0 Å². The molecular formula is C53H51BrN2. The molecule has 0 amide bonds. The maximum absolute atomic E-state index is 5.60. The second kappa shape index (κ2) is 22.9. The van der Waals surface area contributed by atoms with E-state index >= 15 is 0 Å². The number of nitrogens with two attached hydrogens (primary N) is 1. The predicted molar refractivity (Wildman–Crippen MR) is 248 cm³/mol. The van der Waals surface area contributed by atoms with Crippen LogP contribution in [0.1, 0.15) is 33.1 Å². The van der Waals surface area contributed by atoms with Gasteiger partial charge in [0.05, 0.1) is 0 Å². The Hall–Kier alpha value is -6.16. The molecule has 3 N–H and O–H groups in total. The van der Waals surface area contributed by atoms with Crippen LogP contribution in [0.4, 0.5) is 17.1 Å². The number of hydrogen-bond donors (Lipinski definition) is 2. The van der Waals surface area contributed by atoms with Crippen molar-refractivity contribution in [2.75, 3.05) is 11.1 Å². The van der Waals surface area contributed by atoms with Gasteiger partial charge in [-0.15, -0.1) is 0 Å². The lowest BCUT2D eigenvalue weighted by molar-refractivity contribution is 0.772. The van der Waals surface area contributed by atoms with Crippen molar-refractivity contribution in [3.8, 4) is 44.5 Å². The molecule has 8 aromatic rings. The normalized spacial score (nSPS) is 9.98. The molecule has 8 aromatic carbocycles. The number of unbranched alkanes of at least 4 members (excludes halogenated alkanes) is 2. The summed E-state index contributed by atoms with van der Waals surface area (Å²) in [6, 6.07) is 74.8. The third-order valence-corrected chi connectivity index (χ3v) is 9.48. The summed E-state index contributed by atoms with van der Waals surface area (Å²) in [4.78, 5) is 0. The van der Waals surface area contributed by atoms with Crippen LogP contribution >= 0.6 is 15.9 Å². The molecule has 0 aromatic heterocycles. The molecule has 8 rings (SSSR count). The number of anilines is 3. The van der Waals surface area contributed by atoms with Crippen LogP contribution in [0.2, 0.25) is 0 Å². The first-order chi connectivity index (χ1) is 27.5. The first-order valence-electron chi connectivity index (χ1n) is 19.3. The number of halogens is 1. The summed E-state index contributed by atoms with van der Waals surface area (Å²) >= 11 is 3.42. The van der Waals surface area contributed by atoms with Gasteiger partial charge in [-0.25, -0.2) is 0 Å². The lowest BCUT2D eigenvalue weighted by Gasteiger charge is -2.09. The second-order valence-corrected chi connectivity index (χ2v) is 14.1.